The maximum absolute atomic E-state index is 6.22. The third kappa shape index (κ3) is 5.35. The third-order valence-corrected chi connectivity index (χ3v) is 10.0. The Morgan fingerprint density at radius 1 is 0.339 bits per heavy atom. The molecule has 2 aromatic heterocycles. The molecule has 56 heavy (non-hydrogen) atoms. The van der Waals surface area contributed by atoms with Gasteiger partial charge in [-0.15, -0.1) is 10.2 Å². The lowest BCUT2D eigenvalue weighted by Gasteiger charge is -2.32. The molecule has 0 radical (unpaired) electrons. The molecule has 2 aliphatic heterocycles. The molecule has 10 nitrogen and oxygen atoms in total. The van der Waals surface area contributed by atoms with Crippen LogP contribution in [0.15, 0.2) is 182 Å². The topological polar surface area (TPSA) is 86.4 Å². The molecule has 0 unspecified atom stereocenters. The number of rotatable bonds is 6. The molecule has 0 amide bonds. The highest BCUT2D eigenvalue weighted by molar-refractivity contribution is 5.88. The highest BCUT2D eigenvalue weighted by Crippen LogP contribution is 2.51. The lowest BCUT2D eigenvalue weighted by molar-refractivity contribution is 0.476. The van der Waals surface area contributed by atoms with Crippen LogP contribution >= 0.6 is 0 Å². The maximum Gasteiger partial charge on any atom is 0.151 e. The van der Waals surface area contributed by atoms with Crippen LogP contribution in [0.3, 0.4) is 0 Å². The van der Waals surface area contributed by atoms with Gasteiger partial charge in [0, 0.05) is 22.5 Å². The lowest BCUT2D eigenvalue weighted by atomic mass is 10.1. The fraction of sp³-hybridized carbons (Fsp3) is 0. The lowest BCUT2D eigenvalue weighted by Crippen LogP contribution is -2.15. The molecule has 0 aliphatic carbocycles. The summed E-state index contributed by atoms with van der Waals surface area (Å²) >= 11 is 0. The summed E-state index contributed by atoms with van der Waals surface area (Å²) in [7, 11) is 0. The molecular formula is C46H30N8O2. The van der Waals surface area contributed by atoms with Crippen molar-refractivity contribution in [1.82, 2.24) is 30.0 Å². The van der Waals surface area contributed by atoms with Crippen molar-refractivity contribution >= 4 is 34.1 Å². The zero-order chi connectivity index (χ0) is 37.0. The summed E-state index contributed by atoms with van der Waals surface area (Å²) in [5.41, 5.74) is 11.1. The van der Waals surface area contributed by atoms with E-state index in [2.05, 4.69) is 79.0 Å². The molecule has 2 aliphatic rings. The summed E-state index contributed by atoms with van der Waals surface area (Å²) < 4.78 is 16.0. The van der Waals surface area contributed by atoms with Crippen molar-refractivity contribution in [2.45, 2.75) is 0 Å². The summed E-state index contributed by atoms with van der Waals surface area (Å²) in [4.78, 5) is 4.42. The predicted molar refractivity (Wildman–Crippen MR) is 217 cm³/mol. The smallest absolute Gasteiger partial charge is 0.151 e. The highest BCUT2D eigenvalue weighted by atomic mass is 16.5. The van der Waals surface area contributed by atoms with E-state index in [1.165, 1.54) is 0 Å². The first-order valence-corrected chi connectivity index (χ1v) is 18.2. The van der Waals surface area contributed by atoms with E-state index in [9.17, 15) is 0 Å². The van der Waals surface area contributed by atoms with Crippen molar-refractivity contribution in [3.05, 3.63) is 182 Å². The Balaban J connectivity index is 0.847. The quantitative estimate of drug-likeness (QED) is 0.167. The van der Waals surface area contributed by atoms with Gasteiger partial charge < -0.3 is 19.3 Å². The SMILES string of the molecule is c1cc(N2c3ccccc3Oc3ccccc32)cc(-n2cc(-c3ccc(-c4cn(-c5cccc(N6c7ccccc7Oc7ccccc76)c5)nn4)cc3)nn2)c1. The zero-order valence-corrected chi connectivity index (χ0v) is 29.7. The molecule has 266 valence electrons. The standard InChI is InChI=1S/C46H30N8O2/c1-5-19-43-39(15-1)53(40-16-2-6-20-44(40)55-43)35-13-9-11-33(27-35)51-29-37(47-49-51)31-23-25-32(26-24-31)38-30-52(50-48-38)34-12-10-14-36(28-34)54-41-17-3-7-21-45(41)56-46-22-8-4-18-42(46)54/h1-30H. The number of hydrogen-bond acceptors (Lipinski definition) is 8. The van der Waals surface area contributed by atoms with Crippen molar-refractivity contribution in [3.63, 3.8) is 0 Å². The van der Waals surface area contributed by atoms with E-state index >= 15 is 0 Å². The van der Waals surface area contributed by atoms with Gasteiger partial charge in [-0.2, -0.15) is 0 Å². The van der Waals surface area contributed by atoms with Crippen LogP contribution in [0.25, 0.3) is 33.9 Å². The van der Waals surface area contributed by atoms with Gasteiger partial charge in [0.25, 0.3) is 0 Å². The Labute approximate surface area is 321 Å². The number of para-hydroxylation sites is 8. The Morgan fingerprint density at radius 3 is 1.05 bits per heavy atom. The van der Waals surface area contributed by atoms with E-state index < -0.39 is 0 Å². The minimum absolute atomic E-state index is 0.760. The van der Waals surface area contributed by atoms with Gasteiger partial charge in [0.15, 0.2) is 23.0 Å². The summed E-state index contributed by atoms with van der Waals surface area (Å²) in [6, 6.07) is 56.9. The number of aromatic nitrogens is 6. The van der Waals surface area contributed by atoms with Gasteiger partial charge in [0.2, 0.25) is 0 Å². The van der Waals surface area contributed by atoms with Crippen LogP contribution in [0.1, 0.15) is 0 Å². The number of hydrogen-bond donors (Lipinski definition) is 0. The molecular weight excluding hydrogens is 697 g/mol. The van der Waals surface area contributed by atoms with Gasteiger partial charge in [-0.05, 0) is 84.9 Å². The summed E-state index contributed by atoms with van der Waals surface area (Å²) in [6.07, 6.45) is 3.90. The number of ether oxygens (including phenoxy) is 2. The molecule has 0 saturated carbocycles. The Hall–Kier alpha value is -7.98. The first kappa shape index (κ1) is 31.5. The first-order chi connectivity index (χ1) is 27.7. The van der Waals surface area contributed by atoms with Crippen LogP contribution in [-0.4, -0.2) is 30.0 Å². The average Bonchev–Trinajstić information content (AvgIpc) is 3.97. The van der Waals surface area contributed by atoms with E-state index in [4.69, 9.17) is 9.47 Å². The van der Waals surface area contributed by atoms with Crippen LogP contribution in [0.4, 0.5) is 34.1 Å². The molecule has 0 N–H and O–H groups in total. The minimum atomic E-state index is 0.760. The predicted octanol–water partition coefficient (Wildman–Crippen LogP) is 11.3. The molecule has 0 saturated heterocycles. The maximum atomic E-state index is 6.22. The fourth-order valence-electron chi connectivity index (χ4n) is 7.37. The molecule has 0 atom stereocenters. The van der Waals surface area contributed by atoms with E-state index in [1.54, 1.807) is 9.36 Å². The monoisotopic (exact) mass is 726 g/mol. The highest BCUT2D eigenvalue weighted by Gasteiger charge is 2.27. The normalized spacial score (nSPS) is 12.5. The number of benzene rings is 7. The van der Waals surface area contributed by atoms with Gasteiger partial charge in [-0.1, -0.05) is 95.4 Å². The molecule has 7 aromatic carbocycles. The minimum Gasteiger partial charge on any atom is -0.453 e. The van der Waals surface area contributed by atoms with Crippen LogP contribution in [0.5, 0.6) is 23.0 Å². The molecule has 0 fully saturated rings. The third-order valence-electron chi connectivity index (χ3n) is 10.0. The average molecular weight is 727 g/mol. The first-order valence-electron chi connectivity index (χ1n) is 18.2. The summed E-state index contributed by atoms with van der Waals surface area (Å²) in [5.74, 6) is 3.23. The van der Waals surface area contributed by atoms with E-state index in [-0.39, 0.29) is 0 Å². The van der Waals surface area contributed by atoms with E-state index in [0.29, 0.717) is 0 Å². The van der Waals surface area contributed by atoms with E-state index in [0.717, 1.165) is 91.0 Å². The van der Waals surface area contributed by atoms with Crippen molar-refractivity contribution < 1.29 is 9.47 Å². The largest absolute Gasteiger partial charge is 0.453 e. The number of anilines is 6. The van der Waals surface area contributed by atoms with Crippen molar-refractivity contribution in [2.75, 3.05) is 9.80 Å². The molecule has 4 heterocycles. The molecule has 9 aromatic rings. The second-order valence-electron chi connectivity index (χ2n) is 13.5. The van der Waals surface area contributed by atoms with Crippen molar-refractivity contribution in [1.29, 1.82) is 0 Å². The van der Waals surface area contributed by atoms with Crippen LogP contribution < -0.4 is 19.3 Å². The summed E-state index contributed by atoms with van der Waals surface area (Å²) in [6.45, 7) is 0. The molecule has 10 heteroatoms. The second kappa shape index (κ2) is 12.9. The van der Waals surface area contributed by atoms with Crippen molar-refractivity contribution in [3.8, 4) is 56.9 Å². The Kier molecular flexibility index (Phi) is 7.24. The van der Waals surface area contributed by atoms with Gasteiger partial charge in [-0.25, -0.2) is 9.36 Å². The molecule has 0 bridgehead atoms. The fourth-order valence-corrected chi connectivity index (χ4v) is 7.37. The van der Waals surface area contributed by atoms with Crippen LogP contribution in [-0.2, 0) is 0 Å². The van der Waals surface area contributed by atoms with Gasteiger partial charge >= 0.3 is 0 Å². The van der Waals surface area contributed by atoms with Gasteiger partial charge in [-0.3, -0.25) is 0 Å². The van der Waals surface area contributed by atoms with E-state index in [1.807, 2.05) is 134 Å². The van der Waals surface area contributed by atoms with Crippen LogP contribution in [0.2, 0.25) is 0 Å². The number of fused-ring (bicyclic) bond motifs is 4. The van der Waals surface area contributed by atoms with Gasteiger partial charge in [0.1, 0.15) is 11.4 Å². The Morgan fingerprint density at radius 2 is 0.679 bits per heavy atom. The number of nitrogens with zero attached hydrogens (tertiary/aromatic N) is 8. The zero-order valence-electron chi connectivity index (χ0n) is 29.7. The molecule has 11 rings (SSSR count). The van der Waals surface area contributed by atoms with Crippen LogP contribution in [0, 0.1) is 0 Å². The molecule has 0 spiro atoms. The summed E-state index contributed by atoms with van der Waals surface area (Å²) in [5, 5.41) is 18.1. The van der Waals surface area contributed by atoms with Gasteiger partial charge in [0.05, 0.1) is 46.5 Å². The Bertz CT molecular complexity index is 2630. The second-order valence-corrected chi connectivity index (χ2v) is 13.5. The van der Waals surface area contributed by atoms with Crippen molar-refractivity contribution in [2.24, 2.45) is 0 Å².